The van der Waals surface area contributed by atoms with E-state index in [1.807, 2.05) is 0 Å². The van der Waals surface area contributed by atoms with Crippen molar-refractivity contribution in [3.05, 3.63) is 0 Å². The summed E-state index contributed by atoms with van der Waals surface area (Å²) in [5.74, 6) is 0.415. The molecule has 0 aliphatic rings. The highest BCUT2D eigenvalue weighted by atomic mass is 16.2. The van der Waals surface area contributed by atoms with Crippen molar-refractivity contribution >= 4 is 12.0 Å². The third-order valence-electron chi connectivity index (χ3n) is 1.57. The molecule has 7 heteroatoms. The third kappa shape index (κ3) is 1.74. The van der Waals surface area contributed by atoms with E-state index in [1.54, 1.807) is 28.2 Å². The molecule has 2 amide bonds. The molecule has 13 heavy (non-hydrogen) atoms. The number of nitrogens with zero attached hydrogens (tertiary/aromatic N) is 6. The lowest BCUT2D eigenvalue weighted by atomic mass is 10.7. The standard InChI is InChI=1S/C6H12N6O/c1-10(2)6(13)11(3)5-7-8-9-12(5)4/h1-4H3. The van der Waals surface area contributed by atoms with E-state index in [0.29, 0.717) is 5.95 Å². The normalized spacial score (nSPS) is 9.85. The van der Waals surface area contributed by atoms with Gasteiger partial charge in [-0.05, 0) is 10.4 Å². The van der Waals surface area contributed by atoms with E-state index >= 15 is 0 Å². The number of carbonyl (C=O) groups excluding carboxylic acids is 1. The van der Waals surface area contributed by atoms with Gasteiger partial charge in [-0.3, -0.25) is 4.90 Å². The molecule has 0 unspecified atom stereocenters. The number of carbonyl (C=O) groups is 1. The summed E-state index contributed by atoms with van der Waals surface area (Å²) in [7, 11) is 6.63. The van der Waals surface area contributed by atoms with Crippen LogP contribution in [0.15, 0.2) is 0 Å². The number of aryl methyl sites for hydroxylation is 1. The van der Waals surface area contributed by atoms with Crippen molar-refractivity contribution in [2.75, 3.05) is 26.0 Å². The van der Waals surface area contributed by atoms with Gasteiger partial charge in [0.05, 0.1) is 0 Å². The molecule has 1 aromatic heterocycles. The Morgan fingerprint density at radius 3 is 2.38 bits per heavy atom. The van der Waals surface area contributed by atoms with Gasteiger partial charge in [0.2, 0.25) is 0 Å². The van der Waals surface area contributed by atoms with Crippen LogP contribution < -0.4 is 4.90 Å². The van der Waals surface area contributed by atoms with Crippen LogP contribution in [-0.2, 0) is 7.05 Å². The lowest BCUT2D eigenvalue weighted by Crippen LogP contribution is -2.37. The van der Waals surface area contributed by atoms with E-state index in [2.05, 4.69) is 15.5 Å². The van der Waals surface area contributed by atoms with Gasteiger partial charge >= 0.3 is 6.03 Å². The summed E-state index contributed by atoms with van der Waals surface area (Å²) in [6, 6.07) is -0.169. The number of aromatic nitrogens is 4. The van der Waals surface area contributed by atoms with Crippen molar-refractivity contribution in [3.8, 4) is 0 Å². The Morgan fingerprint density at radius 1 is 1.38 bits per heavy atom. The van der Waals surface area contributed by atoms with Crippen LogP contribution in [0.25, 0.3) is 0 Å². The van der Waals surface area contributed by atoms with Gasteiger partial charge in [0.25, 0.3) is 5.95 Å². The molecule has 0 saturated carbocycles. The first kappa shape index (κ1) is 9.43. The van der Waals surface area contributed by atoms with Gasteiger partial charge in [0, 0.05) is 28.2 Å². The molecular weight excluding hydrogens is 172 g/mol. The second-order valence-electron chi connectivity index (χ2n) is 2.84. The number of rotatable bonds is 1. The molecule has 0 radical (unpaired) electrons. The van der Waals surface area contributed by atoms with E-state index in [-0.39, 0.29) is 6.03 Å². The maximum atomic E-state index is 11.4. The average molecular weight is 184 g/mol. The molecule has 0 aromatic carbocycles. The minimum atomic E-state index is -0.169. The number of hydrogen-bond donors (Lipinski definition) is 0. The quantitative estimate of drug-likeness (QED) is 0.580. The smallest absolute Gasteiger partial charge is 0.326 e. The number of urea groups is 1. The Balaban J connectivity index is 2.85. The number of anilines is 1. The lowest BCUT2D eigenvalue weighted by molar-refractivity contribution is 0.224. The van der Waals surface area contributed by atoms with Crippen molar-refractivity contribution in [3.63, 3.8) is 0 Å². The summed E-state index contributed by atoms with van der Waals surface area (Å²) in [5, 5.41) is 10.8. The molecule has 0 saturated heterocycles. The highest BCUT2D eigenvalue weighted by Gasteiger charge is 2.17. The van der Waals surface area contributed by atoms with Crippen LogP contribution in [0.4, 0.5) is 10.7 Å². The van der Waals surface area contributed by atoms with Gasteiger partial charge in [-0.25, -0.2) is 9.48 Å². The van der Waals surface area contributed by atoms with Crippen molar-refractivity contribution in [1.29, 1.82) is 0 Å². The molecule has 0 bridgehead atoms. The summed E-state index contributed by atoms with van der Waals surface area (Å²) in [6.07, 6.45) is 0. The van der Waals surface area contributed by atoms with Gasteiger partial charge < -0.3 is 4.90 Å². The van der Waals surface area contributed by atoms with Gasteiger partial charge in [0.15, 0.2) is 0 Å². The summed E-state index contributed by atoms with van der Waals surface area (Å²) in [4.78, 5) is 14.3. The van der Waals surface area contributed by atoms with Crippen LogP contribution in [0.2, 0.25) is 0 Å². The molecule has 72 valence electrons. The SMILES string of the molecule is CN(C)C(=O)N(C)c1nnnn1C. The van der Waals surface area contributed by atoms with Crippen LogP contribution in [0.1, 0.15) is 0 Å². The fourth-order valence-corrected chi connectivity index (χ4v) is 0.894. The summed E-state index contributed by atoms with van der Waals surface area (Å²) < 4.78 is 1.43. The molecule has 0 spiro atoms. The van der Waals surface area contributed by atoms with Crippen molar-refractivity contribution in [2.45, 2.75) is 0 Å². The zero-order chi connectivity index (χ0) is 10.0. The van der Waals surface area contributed by atoms with Crippen LogP contribution in [-0.4, -0.2) is 52.3 Å². The topological polar surface area (TPSA) is 67.2 Å². The molecule has 0 atom stereocenters. The summed E-state index contributed by atoms with van der Waals surface area (Å²) >= 11 is 0. The Labute approximate surface area is 75.9 Å². The fraction of sp³-hybridized carbons (Fsp3) is 0.667. The van der Waals surface area contributed by atoms with E-state index in [9.17, 15) is 4.79 Å². The summed E-state index contributed by atoms with van der Waals surface area (Å²) in [5.41, 5.74) is 0. The Morgan fingerprint density at radius 2 is 2.00 bits per heavy atom. The molecule has 7 nitrogen and oxygen atoms in total. The Kier molecular flexibility index (Phi) is 2.45. The Bertz CT molecular complexity index is 306. The van der Waals surface area contributed by atoms with Crippen molar-refractivity contribution in [2.24, 2.45) is 7.05 Å². The summed E-state index contributed by atoms with van der Waals surface area (Å²) in [6.45, 7) is 0. The van der Waals surface area contributed by atoms with E-state index in [4.69, 9.17) is 0 Å². The predicted molar refractivity (Wildman–Crippen MR) is 46.3 cm³/mol. The number of hydrogen-bond acceptors (Lipinski definition) is 4. The van der Waals surface area contributed by atoms with E-state index in [1.165, 1.54) is 14.5 Å². The lowest BCUT2D eigenvalue weighted by Gasteiger charge is -2.19. The van der Waals surface area contributed by atoms with E-state index in [0.717, 1.165) is 0 Å². The van der Waals surface area contributed by atoms with Crippen molar-refractivity contribution in [1.82, 2.24) is 25.1 Å². The minimum Gasteiger partial charge on any atom is -0.330 e. The van der Waals surface area contributed by atoms with Crippen LogP contribution in [0.3, 0.4) is 0 Å². The highest BCUT2D eigenvalue weighted by Crippen LogP contribution is 2.05. The zero-order valence-corrected chi connectivity index (χ0v) is 8.09. The Hall–Kier alpha value is -1.66. The number of amides is 2. The first-order chi connectivity index (χ1) is 6.04. The maximum Gasteiger partial charge on any atom is 0.326 e. The van der Waals surface area contributed by atoms with E-state index < -0.39 is 0 Å². The molecule has 0 aliphatic heterocycles. The van der Waals surface area contributed by atoms with Crippen LogP contribution in [0, 0.1) is 0 Å². The van der Waals surface area contributed by atoms with Gasteiger partial charge in [-0.2, -0.15) is 0 Å². The molecule has 1 aromatic rings. The number of tetrazole rings is 1. The molecule has 1 rings (SSSR count). The van der Waals surface area contributed by atoms with Gasteiger partial charge in [0.1, 0.15) is 0 Å². The van der Waals surface area contributed by atoms with Gasteiger partial charge in [-0.1, -0.05) is 5.10 Å². The highest BCUT2D eigenvalue weighted by molar-refractivity contribution is 5.89. The third-order valence-corrected chi connectivity index (χ3v) is 1.57. The maximum absolute atomic E-state index is 11.4. The van der Waals surface area contributed by atoms with Crippen LogP contribution >= 0.6 is 0 Å². The minimum absolute atomic E-state index is 0.169. The second kappa shape index (κ2) is 3.38. The predicted octanol–water partition coefficient (Wildman–Crippen LogP) is -0.672. The van der Waals surface area contributed by atoms with Gasteiger partial charge in [-0.15, -0.1) is 0 Å². The first-order valence-electron chi connectivity index (χ1n) is 3.71. The molecular formula is C6H12N6O. The average Bonchev–Trinajstić information content (AvgIpc) is 2.48. The molecule has 0 fully saturated rings. The van der Waals surface area contributed by atoms with Crippen LogP contribution in [0.5, 0.6) is 0 Å². The monoisotopic (exact) mass is 184 g/mol. The molecule has 1 heterocycles. The first-order valence-corrected chi connectivity index (χ1v) is 3.71. The fourth-order valence-electron chi connectivity index (χ4n) is 0.894. The molecule has 0 aliphatic carbocycles. The van der Waals surface area contributed by atoms with Crippen molar-refractivity contribution < 1.29 is 4.79 Å². The zero-order valence-electron chi connectivity index (χ0n) is 8.09. The molecule has 0 N–H and O–H groups in total. The largest absolute Gasteiger partial charge is 0.330 e. The second-order valence-corrected chi connectivity index (χ2v) is 2.84.